The largest absolute Gasteiger partial charge is 0.383 e. The zero-order valence-corrected chi connectivity index (χ0v) is 10.5. The number of nitrogens with zero attached hydrogens (tertiary/aromatic N) is 2. The van der Waals surface area contributed by atoms with E-state index in [0.717, 1.165) is 9.39 Å². The molecule has 4 heteroatoms. The maximum absolute atomic E-state index is 5.93. The topological polar surface area (TPSA) is 43.8 Å². The van der Waals surface area contributed by atoms with Gasteiger partial charge in [-0.25, -0.2) is 4.68 Å². The lowest BCUT2D eigenvalue weighted by Crippen LogP contribution is -2.11. The molecule has 0 amide bonds. The van der Waals surface area contributed by atoms with E-state index in [1.54, 1.807) is 6.20 Å². The minimum atomic E-state index is 0.176. The molecule has 0 spiro atoms. The molecule has 2 rings (SSSR count). The number of rotatable bonds is 2. The fraction of sp³-hybridized carbons (Fsp3) is 0.182. The molecule has 78 valence electrons. The summed E-state index contributed by atoms with van der Waals surface area (Å²) in [5, 5.41) is 4.28. The third-order valence-corrected chi connectivity index (χ3v) is 3.27. The second-order valence-electron chi connectivity index (χ2n) is 3.41. The average Bonchev–Trinajstić information content (AvgIpc) is 2.60. The average molecular weight is 313 g/mol. The van der Waals surface area contributed by atoms with Gasteiger partial charge in [-0.2, -0.15) is 5.10 Å². The highest BCUT2D eigenvalue weighted by atomic mass is 127. The Morgan fingerprint density at radius 1 is 1.33 bits per heavy atom. The number of hydrogen-bond acceptors (Lipinski definition) is 2. The zero-order chi connectivity index (χ0) is 10.8. The molecule has 2 N–H and O–H groups in total. The van der Waals surface area contributed by atoms with Gasteiger partial charge in [-0.05, 0) is 35.1 Å². The van der Waals surface area contributed by atoms with Crippen molar-refractivity contribution in [3.63, 3.8) is 0 Å². The summed E-state index contributed by atoms with van der Waals surface area (Å²) in [7, 11) is 0. The first-order chi connectivity index (χ1) is 7.20. The van der Waals surface area contributed by atoms with Crippen LogP contribution in [-0.4, -0.2) is 9.78 Å². The van der Waals surface area contributed by atoms with Gasteiger partial charge in [0.25, 0.3) is 0 Å². The minimum Gasteiger partial charge on any atom is -0.383 e. The number of halogens is 1. The van der Waals surface area contributed by atoms with Crippen molar-refractivity contribution < 1.29 is 0 Å². The van der Waals surface area contributed by atoms with Crippen molar-refractivity contribution in [1.29, 1.82) is 0 Å². The molecule has 0 aliphatic carbocycles. The Morgan fingerprint density at radius 3 is 2.53 bits per heavy atom. The van der Waals surface area contributed by atoms with E-state index in [1.165, 1.54) is 5.56 Å². The lowest BCUT2D eigenvalue weighted by atomic mass is 10.1. The molecule has 1 atom stereocenters. The first-order valence-electron chi connectivity index (χ1n) is 4.73. The number of nitrogens with two attached hydrogens (primary N) is 1. The van der Waals surface area contributed by atoms with Crippen LogP contribution >= 0.6 is 22.6 Å². The zero-order valence-electron chi connectivity index (χ0n) is 8.39. The van der Waals surface area contributed by atoms with Crippen LogP contribution in [0.15, 0.2) is 36.5 Å². The standard InChI is InChI=1S/C11H12IN3/c1-8(9-5-3-2-4-6-9)15-11(13)10(12)7-14-15/h2-8H,13H2,1H3. The van der Waals surface area contributed by atoms with Crippen LogP contribution in [0.3, 0.4) is 0 Å². The van der Waals surface area contributed by atoms with Crippen LogP contribution in [0.1, 0.15) is 18.5 Å². The van der Waals surface area contributed by atoms with Crippen LogP contribution in [-0.2, 0) is 0 Å². The highest BCUT2D eigenvalue weighted by Crippen LogP contribution is 2.22. The number of anilines is 1. The third kappa shape index (κ3) is 1.99. The second kappa shape index (κ2) is 4.22. The maximum atomic E-state index is 5.93. The van der Waals surface area contributed by atoms with Crippen LogP contribution in [0.4, 0.5) is 5.82 Å². The second-order valence-corrected chi connectivity index (χ2v) is 4.57. The molecule has 0 saturated heterocycles. The van der Waals surface area contributed by atoms with Crippen LogP contribution < -0.4 is 5.73 Å². The normalized spacial score (nSPS) is 12.7. The minimum absolute atomic E-state index is 0.176. The molecule has 1 aromatic carbocycles. The van der Waals surface area contributed by atoms with E-state index >= 15 is 0 Å². The molecule has 0 bridgehead atoms. The lowest BCUT2D eigenvalue weighted by Gasteiger charge is -2.14. The van der Waals surface area contributed by atoms with E-state index in [-0.39, 0.29) is 6.04 Å². The van der Waals surface area contributed by atoms with E-state index in [1.807, 2.05) is 22.9 Å². The van der Waals surface area contributed by atoms with E-state index in [0.29, 0.717) is 0 Å². The Morgan fingerprint density at radius 2 is 2.00 bits per heavy atom. The molecule has 0 fully saturated rings. The number of aromatic nitrogens is 2. The van der Waals surface area contributed by atoms with Gasteiger partial charge in [0.05, 0.1) is 15.8 Å². The van der Waals surface area contributed by atoms with Crippen LogP contribution in [0.2, 0.25) is 0 Å². The highest BCUT2D eigenvalue weighted by molar-refractivity contribution is 14.1. The Balaban J connectivity index is 2.37. The molecule has 0 aliphatic rings. The van der Waals surface area contributed by atoms with Gasteiger partial charge in [-0.1, -0.05) is 30.3 Å². The Hall–Kier alpha value is -1.04. The summed E-state index contributed by atoms with van der Waals surface area (Å²) >= 11 is 2.19. The first kappa shape index (κ1) is 10.5. The van der Waals surface area contributed by atoms with Crippen molar-refractivity contribution >= 4 is 28.4 Å². The SMILES string of the molecule is CC(c1ccccc1)n1ncc(I)c1N. The monoisotopic (exact) mass is 313 g/mol. The predicted octanol–water partition coefficient (Wildman–Crippen LogP) is 2.68. The summed E-state index contributed by atoms with van der Waals surface area (Å²) < 4.78 is 2.84. The first-order valence-corrected chi connectivity index (χ1v) is 5.81. The highest BCUT2D eigenvalue weighted by Gasteiger charge is 2.12. The number of hydrogen-bond donors (Lipinski definition) is 1. The summed E-state index contributed by atoms with van der Waals surface area (Å²) in [6, 6.07) is 10.4. The maximum Gasteiger partial charge on any atom is 0.135 e. The van der Waals surface area contributed by atoms with E-state index < -0.39 is 0 Å². The van der Waals surface area contributed by atoms with Crippen molar-refractivity contribution in [2.24, 2.45) is 0 Å². The smallest absolute Gasteiger partial charge is 0.135 e. The molecular formula is C11H12IN3. The van der Waals surface area contributed by atoms with Crippen molar-refractivity contribution in [2.75, 3.05) is 5.73 Å². The van der Waals surface area contributed by atoms with Gasteiger partial charge in [0.15, 0.2) is 0 Å². The van der Waals surface area contributed by atoms with Gasteiger partial charge in [-0.3, -0.25) is 0 Å². The molecule has 1 unspecified atom stereocenters. The fourth-order valence-corrected chi connectivity index (χ4v) is 1.90. The quantitative estimate of drug-likeness (QED) is 0.866. The molecule has 0 radical (unpaired) electrons. The van der Waals surface area contributed by atoms with Gasteiger partial charge < -0.3 is 5.73 Å². The number of nitrogen functional groups attached to an aromatic ring is 1. The summed E-state index contributed by atoms with van der Waals surface area (Å²) in [5.74, 6) is 0.729. The molecule has 15 heavy (non-hydrogen) atoms. The molecule has 2 aromatic rings. The molecule has 3 nitrogen and oxygen atoms in total. The van der Waals surface area contributed by atoms with Crippen LogP contribution in [0.25, 0.3) is 0 Å². The Kier molecular flexibility index (Phi) is 2.95. The van der Waals surface area contributed by atoms with E-state index in [2.05, 4.69) is 46.7 Å². The molecule has 0 saturated carbocycles. The Bertz CT molecular complexity index is 450. The molecule has 1 heterocycles. The van der Waals surface area contributed by atoms with Crippen molar-refractivity contribution in [3.8, 4) is 0 Å². The van der Waals surface area contributed by atoms with Crippen molar-refractivity contribution in [3.05, 3.63) is 45.7 Å². The molecule has 0 aliphatic heterocycles. The Labute approximate surface area is 102 Å². The van der Waals surface area contributed by atoms with Gasteiger partial charge in [0.2, 0.25) is 0 Å². The number of benzene rings is 1. The summed E-state index contributed by atoms with van der Waals surface area (Å²) in [4.78, 5) is 0. The molecule has 1 aromatic heterocycles. The summed E-state index contributed by atoms with van der Waals surface area (Å²) in [5.41, 5.74) is 7.15. The molecular weight excluding hydrogens is 301 g/mol. The van der Waals surface area contributed by atoms with Gasteiger partial charge in [0, 0.05) is 0 Å². The van der Waals surface area contributed by atoms with Crippen LogP contribution in [0.5, 0.6) is 0 Å². The van der Waals surface area contributed by atoms with E-state index in [4.69, 9.17) is 5.73 Å². The van der Waals surface area contributed by atoms with Crippen molar-refractivity contribution in [1.82, 2.24) is 9.78 Å². The van der Waals surface area contributed by atoms with Gasteiger partial charge >= 0.3 is 0 Å². The summed E-state index contributed by atoms with van der Waals surface area (Å²) in [6.45, 7) is 2.09. The predicted molar refractivity (Wildman–Crippen MR) is 69.6 cm³/mol. The summed E-state index contributed by atoms with van der Waals surface area (Å²) in [6.07, 6.45) is 1.79. The fourth-order valence-electron chi connectivity index (χ4n) is 1.53. The van der Waals surface area contributed by atoms with Crippen LogP contribution in [0, 0.1) is 3.57 Å². The van der Waals surface area contributed by atoms with Crippen molar-refractivity contribution in [2.45, 2.75) is 13.0 Å². The van der Waals surface area contributed by atoms with Gasteiger partial charge in [0.1, 0.15) is 5.82 Å². The van der Waals surface area contributed by atoms with Gasteiger partial charge in [-0.15, -0.1) is 0 Å². The lowest BCUT2D eigenvalue weighted by molar-refractivity contribution is 0.573. The van der Waals surface area contributed by atoms with E-state index in [9.17, 15) is 0 Å². The third-order valence-electron chi connectivity index (χ3n) is 2.44.